The fourth-order valence-electron chi connectivity index (χ4n) is 2.70. The first-order valence-electron chi connectivity index (χ1n) is 7.07. The van der Waals surface area contributed by atoms with E-state index in [1.165, 1.54) is 10.4 Å². The second kappa shape index (κ2) is 6.00. The molecular weight excluding hydrogens is 296 g/mol. The van der Waals surface area contributed by atoms with Gasteiger partial charge in [0, 0.05) is 11.1 Å². The zero-order valence-corrected chi connectivity index (χ0v) is 13.7. The fourth-order valence-corrected chi connectivity index (χ4v) is 3.96. The van der Waals surface area contributed by atoms with Crippen LogP contribution in [-0.4, -0.2) is 9.55 Å². The lowest BCUT2D eigenvalue weighted by atomic mass is 10.0. The molecule has 0 fully saturated rings. The largest absolute Gasteiger partial charge is 0.337 e. The summed E-state index contributed by atoms with van der Waals surface area (Å²) in [6, 6.07) is 15.0. The SMILES string of the molecule is CC(C)C(c1cccs1)n1c(-c2ccccc2)c[nH]c1=S. The lowest BCUT2D eigenvalue weighted by Gasteiger charge is -2.24. The zero-order chi connectivity index (χ0) is 14.8. The maximum atomic E-state index is 5.55. The molecule has 3 rings (SSSR count). The minimum absolute atomic E-state index is 0.263. The lowest BCUT2D eigenvalue weighted by Crippen LogP contribution is -2.16. The van der Waals surface area contributed by atoms with Crippen LogP contribution in [0.2, 0.25) is 0 Å². The number of benzene rings is 1. The molecule has 1 unspecified atom stereocenters. The molecule has 1 aromatic carbocycles. The molecule has 0 bridgehead atoms. The minimum atomic E-state index is 0.263. The van der Waals surface area contributed by atoms with Gasteiger partial charge in [0.25, 0.3) is 0 Å². The van der Waals surface area contributed by atoms with E-state index in [2.05, 4.69) is 65.2 Å². The Bertz CT molecular complexity index is 752. The van der Waals surface area contributed by atoms with E-state index in [-0.39, 0.29) is 6.04 Å². The highest BCUT2D eigenvalue weighted by Gasteiger charge is 2.22. The first-order chi connectivity index (χ1) is 10.2. The molecule has 2 heterocycles. The van der Waals surface area contributed by atoms with Crippen molar-refractivity contribution in [1.82, 2.24) is 9.55 Å². The van der Waals surface area contributed by atoms with Gasteiger partial charge in [0.05, 0.1) is 11.7 Å². The summed E-state index contributed by atoms with van der Waals surface area (Å²) < 4.78 is 3.03. The molecule has 1 atom stereocenters. The maximum Gasteiger partial charge on any atom is 0.178 e. The van der Waals surface area contributed by atoms with E-state index in [1.54, 1.807) is 11.3 Å². The molecule has 2 nitrogen and oxygen atoms in total. The van der Waals surface area contributed by atoms with Crippen molar-refractivity contribution in [2.24, 2.45) is 5.92 Å². The predicted octanol–water partition coefficient (Wildman–Crippen LogP) is 5.52. The summed E-state index contributed by atoms with van der Waals surface area (Å²) in [7, 11) is 0. The van der Waals surface area contributed by atoms with Gasteiger partial charge in [0.15, 0.2) is 4.77 Å². The van der Waals surface area contributed by atoms with Gasteiger partial charge in [-0.15, -0.1) is 11.3 Å². The van der Waals surface area contributed by atoms with Crippen LogP contribution in [0.15, 0.2) is 54.0 Å². The zero-order valence-electron chi connectivity index (χ0n) is 12.1. The van der Waals surface area contributed by atoms with Gasteiger partial charge in [-0.1, -0.05) is 50.2 Å². The van der Waals surface area contributed by atoms with Gasteiger partial charge >= 0.3 is 0 Å². The molecule has 0 aliphatic rings. The van der Waals surface area contributed by atoms with Crippen LogP contribution in [0.25, 0.3) is 11.3 Å². The Morgan fingerprint density at radius 3 is 2.48 bits per heavy atom. The Balaban J connectivity index is 2.18. The summed E-state index contributed by atoms with van der Waals surface area (Å²) in [5.74, 6) is 0.466. The number of hydrogen-bond acceptors (Lipinski definition) is 2. The summed E-state index contributed by atoms with van der Waals surface area (Å²) >= 11 is 7.34. The molecule has 0 aliphatic heterocycles. The topological polar surface area (TPSA) is 20.7 Å². The summed E-state index contributed by atoms with van der Waals surface area (Å²) in [6.45, 7) is 4.49. The van der Waals surface area contributed by atoms with Crippen molar-refractivity contribution in [2.45, 2.75) is 19.9 Å². The van der Waals surface area contributed by atoms with Crippen LogP contribution >= 0.6 is 23.6 Å². The van der Waals surface area contributed by atoms with E-state index in [9.17, 15) is 0 Å². The number of thiophene rings is 1. The first-order valence-corrected chi connectivity index (χ1v) is 8.36. The number of nitrogens with one attached hydrogen (secondary N) is 1. The quantitative estimate of drug-likeness (QED) is 0.629. The molecule has 0 amide bonds. The summed E-state index contributed by atoms with van der Waals surface area (Å²) in [5.41, 5.74) is 2.33. The molecule has 4 heteroatoms. The molecule has 108 valence electrons. The van der Waals surface area contributed by atoms with Crippen LogP contribution in [0.5, 0.6) is 0 Å². The fraction of sp³-hybridized carbons (Fsp3) is 0.235. The molecule has 2 aromatic heterocycles. The normalized spacial score (nSPS) is 12.7. The van der Waals surface area contributed by atoms with Crippen molar-refractivity contribution in [3.8, 4) is 11.3 Å². The van der Waals surface area contributed by atoms with E-state index in [0.717, 1.165) is 10.5 Å². The summed E-state index contributed by atoms with van der Waals surface area (Å²) in [4.78, 5) is 4.56. The third-order valence-corrected chi connectivity index (χ3v) is 4.88. The van der Waals surface area contributed by atoms with Crippen molar-refractivity contribution in [1.29, 1.82) is 0 Å². The van der Waals surface area contributed by atoms with Crippen molar-refractivity contribution in [2.75, 3.05) is 0 Å². The third-order valence-electron chi connectivity index (χ3n) is 3.62. The van der Waals surface area contributed by atoms with Crippen LogP contribution < -0.4 is 0 Å². The second-order valence-corrected chi connectivity index (χ2v) is 6.79. The van der Waals surface area contributed by atoms with Gasteiger partial charge in [-0.3, -0.25) is 0 Å². The van der Waals surface area contributed by atoms with Crippen molar-refractivity contribution in [3.05, 3.63) is 63.7 Å². The number of aromatic nitrogens is 2. The van der Waals surface area contributed by atoms with Crippen molar-refractivity contribution >= 4 is 23.6 Å². The highest BCUT2D eigenvalue weighted by atomic mass is 32.1. The molecular formula is C17H18N2S2. The molecule has 0 aliphatic carbocycles. The van der Waals surface area contributed by atoms with Crippen LogP contribution in [0.1, 0.15) is 24.8 Å². The monoisotopic (exact) mass is 314 g/mol. The molecule has 0 radical (unpaired) electrons. The number of imidazole rings is 1. The average molecular weight is 314 g/mol. The Kier molecular flexibility index (Phi) is 4.08. The molecule has 1 N–H and O–H groups in total. The summed E-state index contributed by atoms with van der Waals surface area (Å²) in [5, 5.41) is 2.13. The first kappa shape index (κ1) is 14.3. The van der Waals surface area contributed by atoms with Crippen LogP contribution in [-0.2, 0) is 0 Å². The van der Waals surface area contributed by atoms with Crippen molar-refractivity contribution < 1.29 is 0 Å². The average Bonchev–Trinajstić information content (AvgIpc) is 3.12. The van der Waals surface area contributed by atoms with E-state index in [1.807, 2.05) is 12.3 Å². The smallest absolute Gasteiger partial charge is 0.178 e. The Hall–Kier alpha value is -1.65. The Morgan fingerprint density at radius 2 is 1.86 bits per heavy atom. The van der Waals surface area contributed by atoms with Crippen LogP contribution in [0.3, 0.4) is 0 Å². The van der Waals surface area contributed by atoms with Gasteiger partial charge in [0.2, 0.25) is 0 Å². The Labute approximate surface area is 134 Å². The number of rotatable bonds is 4. The standard InChI is InChI=1S/C17H18N2S2/c1-12(2)16(15-9-6-10-21-15)19-14(11-18-17(19)20)13-7-4-3-5-8-13/h3-12,16H,1-2H3,(H,18,20). The van der Waals surface area contributed by atoms with Crippen LogP contribution in [0.4, 0.5) is 0 Å². The third kappa shape index (κ3) is 2.74. The van der Waals surface area contributed by atoms with E-state index in [4.69, 9.17) is 12.2 Å². The van der Waals surface area contributed by atoms with E-state index < -0.39 is 0 Å². The van der Waals surface area contributed by atoms with E-state index in [0.29, 0.717) is 5.92 Å². The van der Waals surface area contributed by atoms with Crippen LogP contribution in [0, 0.1) is 10.7 Å². The Morgan fingerprint density at radius 1 is 1.10 bits per heavy atom. The molecule has 0 saturated heterocycles. The highest BCUT2D eigenvalue weighted by molar-refractivity contribution is 7.71. The lowest BCUT2D eigenvalue weighted by molar-refractivity contribution is 0.442. The van der Waals surface area contributed by atoms with Gasteiger partial charge in [-0.25, -0.2) is 0 Å². The highest BCUT2D eigenvalue weighted by Crippen LogP contribution is 2.34. The minimum Gasteiger partial charge on any atom is -0.337 e. The summed E-state index contributed by atoms with van der Waals surface area (Å²) in [6.07, 6.45) is 2.01. The number of aromatic amines is 1. The van der Waals surface area contributed by atoms with Gasteiger partial charge in [0.1, 0.15) is 0 Å². The van der Waals surface area contributed by atoms with E-state index >= 15 is 0 Å². The number of nitrogens with zero attached hydrogens (tertiary/aromatic N) is 1. The number of hydrogen-bond donors (Lipinski definition) is 1. The molecule has 0 spiro atoms. The maximum absolute atomic E-state index is 5.55. The predicted molar refractivity (Wildman–Crippen MR) is 92.3 cm³/mol. The molecule has 3 aromatic rings. The van der Waals surface area contributed by atoms with Gasteiger partial charge in [-0.2, -0.15) is 0 Å². The van der Waals surface area contributed by atoms with Gasteiger partial charge < -0.3 is 9.55 Å². The second-order valence-electron chi connectivity index (χ2n) is 5.42. The van der Waals surface area contributed by atoms with Gasteiger partial charge in [-0.05, 0) is 35.1 Å². The molecule has 0 saturated carbocycles. The van der Waals surface area contributed by atoms with Crippen molar-refractivity contribution in [3.63, 3.8) is 0 Å². The number of H-pyrrole nitrogens is 1. The molecule has 21 heavy (non-hydrogen) atoms.